The lowest BCUT2D eigenvalue weighted by Gasteiger charge is -2.37. The molecule has 0 unspecified atom stereocenters. The van der Waals surface area contributed by atoms with E-state index in [2.05, 4.69) is 23.2 Å². The number of methoxy groups -OCH3 is 1. The van der Waals surface area contributed by atoms with Gasteiger partial charge in [0.05, 0.1) is 30.7 Å². The molecule has 8 nitrogen and oxygen atoms in total. The highest BCUT2D eigenvalue weighted by Crippen LogP contribution is 2.35. The van der Waals surface area contributed by atoms with Crippen molar-refractivity contribution in [1.29, 1.82) is 0 Å². The highest BCUT2D eigenvalue weighted by atomic mass is 35.5. The Morgan fingerprint density at radius 2 is 1.79 bits per heavy atom. The van der Waals surface area contributed by atoms with Crippen molar-refractivity contribution in [3.63, 3.8) is 0 Å². The first-order chi connectivity index (χ1) is 18.2. The molecular weight excluding hydrogens is 524 g/mol. The lowest BCUT2D eigenvalue weighted by molar-refractivity contribution is 0.140. The SMILES string of the molecule is COc1cc(CO)c(-c2cn3ccc(CC4CCC(CN5CCN(S(C)(=O)=O)CC5)CC4)cc3n2)cc1Cl. The predicted octanol–water partition coefficient (Wildman–Crippen LogP) is 4.08. The number of aliphatic hydroxyl groups is 1. The first kappa shape index (κ1) is 27.4. The summed E-state index contributed by atoms with van der Waals surface area (Å²) in [7, 11) is -1.51. The molecule has 5 rings (SSSR count). The van der Waals surface area contributed by atoms with Crippen molar-refractivity contribution >= 4 is 27.3 Å². The minimum absolute atomic E-state index is 0.124. The number of rotatable bonds is 8. The number of ether oxygens (including phenoxy) is 1. The van der Waals surface area contributed by atoms with Crippen LogP contribution >= 0.6 is 11.6 Å². The number of benzene rings is 1. The van der Waals surface area contributed by atoms with E-state index >= 15 is 0 Å². The summed E-state index contributed by atoms with van der Waals surface area (Å²) in [4.78, 5) is 7.28. The van der Waals surface area contributed by atoms with E-state index in [0.717, 1.165) is 48.5 Å². The second kappa shape index (κ2) is 11.5. The van der Waals surface area contributed by atoms with Crippen molar-refractivity contribution in [1.82, 2.24) is 18.6 Å². The Hall–Kier alpha value is -2.17. The number of hydrogen-bond acceptors (Lipinski definition) is 6. The Balaban J connectivity index is 1.18. The van der Waals surface area contributed by atoms with Gasteiger partial charge in [-0.05, 0) is 79.3 Å². The molecule has 0 spiro atoms. The fraction of sp³-hybridized carbons (Fsp3) is 0.536. The van der Waals surface area contributed by atoms with Crippen LogP contribution in [0.1, 0.15) is 36.8 Å². The lowest BCUT2D eigenvalue weighted by atomic mass is 9.79. The van der Waals surface area contributed by atoms with Crippen LogP contribution < -0.4 is 4.74 Å². The second-order valence-corrected chi connectivity index (χ2v) is 13.2. The summed E-state index contributed by atoms with van der Waals surface area (Å²) in [5.41, 5.74) is 4.48. The number of sulfonamides is 1. The molecule has 1 aliphatic carbocycles. The summed E-state index contributed by atoms with van der Waals surface area (Å²) in [6.07, 6.45) is 11.3. The average Bonchev–Trinajstić information content (AvgIpc) is 3.33. The molecule has 0 radical (unpaired) electrons. The van der Waals surface area contributed by atoms with Crippen LogP contribution in [0.2, 0.25) is 5.02 Å². The summed E-state index contributed by atoms with van der Waals surface area (Å²) in [5.74, 6) is 1.91. The van der Waals surface area contributed by atoms with Crippen molar-refractivity contribution in [2.45, 2.75) is 38.7 Å². The number of hydrogen-bond donors (Lipinski definition) is 1. The third-order valence-corrected chi connectivity index (χ3v) is 9.75. The quantitative estimate of drug-likeness (QED) is 0.447. The monoisotopic (exact) mass is 560 g/mol. The fourth-order valence-electron chi connectivity index (χ4n) is 5.96. The van der Waals surface area contributed by atoms with Crippen molar-refractivity contribution in [3.8, 4) is 17.0 Å². The molecule has 0 atom stereocenters. The molecule has 0 amide bonds. The predicted molar refractivity (Wildman–Crippen MR) is 150 cm³/mol. The van der Waals surface area contributed by atoms with Gasteiger partial charge in [0.1, 0.15) is 11.4 Å². The largest absolute Gasteiger partial charge is 0.495 e. The third kappa shape index (κ3) is 6.18. The Morgan fingerprint density at radius 1 is 1.08 bits per heavy atom. The standard InChI is InChI=1S/C28H37ClN4O4S/c1-37-27-15-23(19-34)24(16-25(27)29)26-18-32-8-7-22(14-28(32)30-26)13-20-3-5-21(6-4-20)17-31-9-11-33(12-10-31)38(2,35)36/h7-8,14-16,18,20-21,34H,3-6,9-13,17,19H2,1-2H3. The van der Waals surface area contributed by atoms with Crippen LogP contribution in [0.25, 0.3) is 16.9 Å². The van der Waals surface area contributed by atoms with Crippen molar-refractivity contribution in [2.75, 3.05) is 46.1 Å². The van der Waals surface area contributed by atoms with Crippen LogP contribution in [0.15, 0.2) is 36.7 Å². The molecule has 3 aromatic rings. The average molecular weight is 561 g/mol. The van der Waals surface area contributed by atoms with E-state index in [4.69, 9.17) is 21.3 Å². The zero-order valence-electron chi connectivity index (χ0n) is 22.1. The topological polar surface area (TPSA) is 87.4 Å². The second-order valence-electron chi connectivity index (χ2n) is 10.8. The Morgan fingerprint density at radius 3 is 2.45 bits per heavy atom. The van der Waals surface area contributed by atoms with E-state index < -0.39 is 10.0 Å². The molecule has 206 valence electrons. The van der Waals surface area contributed by atoms with E-state index in [1.807, 2.05) is 10.6 Å². The first-order valence-electron chi connectivity index (χ1n) is 13.4. The molecule has 1 N–H and O–H groups in total. The van der Waals surface area contributed by atoms with Crippen LogP contribution in [-0.2, 0) is 23.1 Å². The maximum absolute atomic E-state index is 11.8. The summed E-state index contributed by atoms with van der Waals surface area (Å²) in [6.45, 7) is 3.85. The van der Waals surface area contributed by atoms with E-state index in [1.54, 1.807) is 23.5 Å². The number of nitrogens with zero attached hydrogens (tertiary/aromatic N) is 4. The first-order valence-corrected chi connectivity index (χ1v) is 15.6. The number of fused-ring (bicyclic) bond motifs is 1. The molecule has 38 heavy (non-hydrogen) atoms. The molecule has 3 heterocycles. The van der Waals surface area contributed by atoms with Crippen molar-refractivity contribution in [2.24, 2.45) is 11.8 Å². The van der Waals surface area contributed by atoms with Crippen LogP contribution in [0.3, 0.4) is 0 Å². The zero-order valence-corrected chi connectivity index (χ0v) is 23.7. The molecule has 2 aromatic heterocycles. The number of halogens is 1. The smallest absolute Gasteiger partial charge is 0.211 e. The highest BCUT2D eigenvalue weighted by molar-refractivity contribution is 7.88. The van der Waals surface area contributed by atoms with Gasteiger partial charge in [-0.25, -0.2) is 13.4 Å². The Kier molecular flexibility index (Phi) is 8.30. The fourth-order valence-corrected chi connectivity index (χ4v) is 7.03. The highest BCUT2D eigenvalue weighted by Gasteiger charge is 2.27. The zero-order chi connectivity index (χ0) is 26.9. The molecule has 10 heteroatoms. The summed E-state index contributed by atoms with van der Waals surface area (Å²) in [5, 5.41) is 10.4. The summed E-state index contributed by atoms with van der Waals surface area (Å²) >= 11 is 6.36. The van der Waals surface area contributed by atoms with Gasteiger partial charge in [0.25, 0.3) is 0 Å². The molecule has 2 aliphatic rings. The van der Waals surface area contributed by atoms with Gasteiger partial charge in [-0.15, -0.1) is 0 Å². The van der Waals surface area contributed by atoms with E-state index in [0.29, 0.717) is 35.7 Å². The van der Waals surface area contributed by atoms with Crippen molar-refractivity contribution < 1.29 is 18.3 Å². The summed E-state index contributed by atoms with van der Waals surface area (Å²) in [6, 6.07) is 7.91. The van der Waals surface area contributed by atoms with Crippen LogP contribution in [-0.4, -0.2) is 78.2 Å². The maximum atomic E-state index is 11.8. The van der Waals surface area contributed by atoms with Crippen LogP contribution in [0.5, 0.6) is 5.75 Å². The Labute approximate surface area is 230 Å². The molecule has 1 saturated heterocycles. The van der Waals surface area contributed by atoms with Gasteiger partial charge in [-0.3, -0.25) is 0 Å². The van der Waals surface area contributed by atoms with Gasteiger partial charge in [0, 0.05) is 50.7 Å². The molecule has 1 aromatic carbocycles. The maximum Gasteiger partial charge on any atom is 0.211 e. The van der Waals surface area contributed by atoms with Gasteiger partial charge >= 0.3 is 0 Å². The van der Waals surface area contributed by atoms with Gasteiger partial charge < -0.3 is 19.1 Å². The van der Waals surface area contributed by atoms with E-state index in [1.165, 1.54) is 37.5 Å². The number of piperazine rings is 1. The Bertz CT molecular complexity index is 1380. The normalized spacial score (nSPS) is 21.7. The lowest BCUT2D eigenvalue weighted by Crippen LogP contribution is -2.49. The number of pyridine rings is 1. The minimum atomic E-state index is -3.07. The summed E-state index contributed by atoms with van der Waals surface area (Å²) < 4.78 is 32.4. The van der Waals surface area contributed by atoms with Gasteiger partial charge in [-0.1, -0.05) is 11.6 Å². The van der Waals surface area contributed by atoms with Gasteiger partial charge in [0.15, 0.2) is 0 Å². The van der Waals surface area contributed by atoms with E-state index in [9.17, 15) is 13.5 Å². The van der Waals surface area contributed by atoms with Gasteiger partial charge in [0.2, 0.25) is 10.0 Å². The van der Waals surface area contributed by atoms with Crippen molar-refractivity contribution in [3.05, 3.63) is 52.8 Å². The number of aromatic nitrogens is 2. The van der Waals surface area contributed by atoms with Crippen LogP contribution in [0, 0.1) is 11.8 Å². The third-order valence-electron chi connectivity index (χ3n) is 8.16. The van der Waals surface area contributed by atoms with Gasteiger partial charge in [-0.2, -0.15) is 4.31 Å². The molecule has 1 saturated carbocycles. The number of imidazole rings is 1. The molecular formula is C28H37ClN4O4S. The molecule has 0 bridgehead atoms. The van der Waals surface area contributed by atoms with E-state index in [-0.39, 0.29) is 6.61 Å². The molecule has 2 fully saturated rings. The molecule has 1 aliphatic heterocycles. The van der Waals surface area contributed by atoms with Crippen LogP contribution in [0.4, 0.5) is 0 Å². The number of aliphatic hydroxyl groups excluding tert-OH is 1. The minimum Gasteiger partial charge on any atom is -0.495 e.